The second-order valence-electron chi connectivity index (χ2n) is 7.68. The van der Waals surface area contributed by atoms with Crippen molar-refractivity contribution in [2.24, 2.45) is 11.3 Å². The summed E-state index contributed by atoms with van der Waals surface area (Å²) in [7, 11) is 0. The molecule has 134 valence electrons. The molecule has 3 N–H and O–H groups in total. The maximum Gasteiger partial charge on any atom is 0.251 e. The topological polar surface area (TPSA) is 78.4 Å². The van der Waals surface area contributed by atoms with E-state index in [0.29, 0.717) is 30.6 Å². The van der Waals surface area contributed by atoms with E-state index in [2.05, 4.69) is 31.4 Å². The van der Waals surface area contributed by atoms with Gasteiger partial charge in [-0.2, -0.15) is 0 Å². The molecule has 0 heterocycles. The van der Waals surface area contributed by atoms with Gasteiger partial charge in [0.05, 0.1) is 6.10 Å². The average Bonchev–Trinajstić information content (AvgIpc) is 2.51. The van der Waals surface area contributed by atoms with Crippen molar-refractivity contribution in [2.45, 2.75) is 47.1 Å². The van der Waals surface area contributed by atoms with E-state index in [1.807, 2.05) is 13.8 Å². The van der Waals surface area contributed by atoms with Crippen LogP contribution in [0.4, 0.5) is 0 Å². The number of hydrogen-bond acceptors (Lipinski definition) is 3. The Morgan fingerprint density at radius 1 is 1.00 bits per heavy atom. The van der Waals surface area contributed by atoms with Crippen molar-refractivity contribution >= 4 is 11.8 Å². The predicted octanol–water partition coefficient (Wildman–Crippen LogP) is 2.60. The summed E-state index contributed by atoms with van der Waals surface area (Å²) < 4.78 is 0. The van der Waals surface area contributed by atoms with E-state index in [4.69, 9.17) is 0 Å². The Labute approximate surface area is 144 Å². The first-order chi connectivity index (χ1) is 11.1. The summed E-state index contributed by atoms with van der Waals surface area (Å²) in [6.07, 6.45) is 0.107. The van der Waals surface area contributed by atoms with Crippen LogP contribution in [-0.4, -0.2) is 36.1 Å². The molecule has 1 unspecified atom stereocenters. The van der Waals surface area contributed by atoms with Gasteiger partial charge in [-0.15, -0.1) is 0 Å². The van der Waals surface area contributed by atoms with Gasteiger partial charge in [-0.05, 0) is 42.0 Å². The third kappa shape index (κ3) is 7.13. The number of nitrogens with one attached hydrogen (secondary N) is 2. The average molecular weight is 334 g/mol. The normalized spacial score (nSPS) is 12.8. The fraction of sp³-hybridized carbons (Fsp3) is 0.579. The molecule has 0 radical (unpaired) electrons. The van der Waals surface area contributed by atoms with Crippen LogP contribution in [0, 0.1) is 11.3 Å². The maximum atomic E-state index is 12.0. The summed E-state index contributed by atoms with van der Waals surface area (Å²) in [5, 5.41) is 15.4. The molecule has 1 aromatic rings. The second-order valence-corrected chi connectivity index (χ2v) is 7.68. The van der Waals surface area contributed by atoms with Gasteiger partial charge in [0.25, 0.3) is 11.8 Å². The predicted molar refractivity (Wildman–Crippen MR) is 96.0 cm³/mol. The molecule has 2 amide bonds. The third-order valence-electron chi connectivity index (χ3n) is 3.68. The van der Waals surface area contributed by atoms with E-state index in [9.17, 15) is 14.7 Å². The van der Waals surface area contributed by atoms with Gasteiger partial charge in [-0.1, -0.05) is 34.6 Å². The highest BCUT2D eigenvalue weighted by Crippen LogP contribution is 2.11. The minimum Gasteiger partial charge on any atom is -0.393 e. The summed E-state index contributed by atoms with van der Waals surface area (Å²) in [5.41, 5.74) is 1.06. The Balaban J connectivity index is 2.51. The molecule has 0 saturated heterocycles. The van der Waals surface area contributed by atoms with Crippen LogP contribution in [0.1, 0.15) is 61.8 Å². The Hall–Kier alpha value is -1.88. The lowest BCUT2D eigenvalue weighted by Gasteiger charge is -2.18. The number of rotatable bonds is 7. The fourth-order valence-electron chi connectivity index (χ4n) is 1.99. The van der Waals surface area contributed by atoms with Gasteiger partial charge in [-0.25, -0.2) is 0 Å². The Morgan fingerprint density at radius 2 is 1.46 bits per heavy atom. The summed E-state index contributed by atoms with van der Waals surface area (Å²) in [6.45, 7) is 11.1. The van der Waals surface area contributed by atoms with Gasteiger partial charge >= 0.3 is 0 Å². The van der Waals surface area contributed by atoms with Crippen molar-refractivity contribution in [3.05, 3.63) is 35.4 Å². The van der Waals surface area contributed by atoms with E-state index in [0.717, 1.165) is 0 Å². The van der Waals surface area contributed by atoms with Crippen LogP contribution < -0.4 is 10.6 Å². The van der Waals surface area contributed by atoms with Gasteiger partial charge in [-0.3, -0.25) is 9.59 Å². The minimum atomic E-state index is -0.417. The zero-order valence-corrected chi connectivity index (χ0v) is 15.3. The number of aliphatic hydroxyl groups excluding tert-OH is 1. The van der Waals surface area contributed by atoms with E-state index in [1.54, 1.807) is 24.3 Å². The van der Waals surface area contributed by atoms with E-state index < -0.39 is 6.10 Å². The van der Waals surface area contributed by atoms with E-state index >= 15 is 0 Å². The first-order valence-electron chi connectivity index (χ1n) is 8.44. The highest BCUT2D eigenvalue weighted by molar-refractivity contribution is 5.97. The molecule has 5 nitrogen and oxygen atoms in total. The lowest BCUT2D eigenvalue weighted by Crippen LogP contribution is -2.32. The quantitative estimate of drug-likeness (QED) is 0.717. The van der Waals surface area contributed by atoms with Crippen LogP contribution >= 0.6 is 0 Å². The second kappa shape index (κ2) is 8.83. The van der Waals surface area contributed by atoms with Crippen molar-refractivity contribution in [1.82, 2.24) is 10.6 Å². The van der Waals surface area contributed by atoms with Gasteiger partial charge in [0, 0.05) is 24.2 Å². The molecule has 0 aliphatic carbocycles. The molecule has 0 aliphatic heterocycles. The van der Waals surface area contributed by atoms with Crippen LogP contribution in [-0.2, 0) is 0 Å². The van der Waals surface area contributed by atoms with Crippen molar-refractivity contribution in [3.8, 4) is 0 Å². The molecule has 0 aromatic heterocycles. The molecule has 24 heavy (non-hydrogen) atoms. The van der Waals surface area contributed by atoms with Gasteiger partial charge in [0.1, 0.15) is 0 Å². The summed E-state index contributed by atoms with van der Waals surface area (Å²) in [4.78, 5) is 24.1. The monoisotopic (exact) mass is 334 g/mol. The summed E-state index contributed by atoms with van der Waals surface area (Å²) in [5.74, 6) is -0.169. The SMILES string of the molecule is CC(C)C(O)CCNC(=O)c1ccc(C(=O)NCC(C)(C)C)cc1. The van der Waals surface area contributed by atoms with Crippen LogP contribution in [0.15, 0.2) is 24.3 Å². The molecule has 1 rings (SSSR count). The van der Waals surface area contributed by atoms with E-state index in [-0.39, 0.29) is 23.1 Å². The number of aliphatic hydroxyl groups is 1. The number of amides is 2. The zero-order chi connectivity index (χ0) is 18.3. The van der Waals surface area contributed by atoms with Crippen molar-refractivity contribution in [3.63, 3.8) is 0 Å². The molecular weight excluding hydrogens is 304 g/mol. The number of benzene rings is 1. The Morgan fingerprint density at radius 3 is 1.88 bits per heavy atom. The lowest BCUT2D eigenvalue weighted by atomic mass is 9.97. The molecular formula is C19H30N2O3. The largest absolute Gasteiger partial charge is 0.393 e. The fourth-order valence-corrected chi connectivity index (χ4v) is 1.99. The van der Waals surface area contributed by atoms with Crippen LogP contribution in [0.25, 0.3) is 0 Å². The molecule has 1 aromatic carbocycles. The summed E-state index contributed by atoms with van der Waals surface area (Å²) in [6, 6.07) is 6.58. The first-order valence-corrected chi connectivity index (χ1v) is 8.44. The molecule has 0 aliphatic rings. The van der Waals surface area contributed by atoms with Crippen molar-refractivity contribution in [1.29, 1.82) is 0 Å². The molecule has 0 bridgehead atoms. The van der Waals surface area contributed by atoms with Crippen LogP contribution in [0.5, 0.6) is 0 Å². The van der Waals surface area contributed by atoms with Crippen LogP contribution in [0.3, 0.4) is 0 Å². The standard InChI is InChI=1S/C19H30N2O3/c1-13(2)16(22)10-11-20-17(23)14-6-8-15(9-7-14)18(24)21-12-19(3,4)5/h6-9,13,16,22H,10-12H2,1-5H3,(H,20,23)(H,21,24). The van der Waals surface area contributed by atoms with Crippen molar-refractivity contribution < 1.29 is 14.7 Å². The number of carbonyl (C=O) groups excluding carboxylic acids is 2. The molecule has 0 fully saturated rings. The third-order valence-corrected chi connectivity index (χ3v) is 3.68. The lowest BCUT2D eigenvalue weighted by molar-refractivity contribution is 0.0914. The van der Waals surface area contributed by atoms with Crippen molar-refractivity contribution in [2.75, 3.05) is 13.1 Å². The molecule has 0 saturated carbocycles. The smallest absolute Gasteiger partial charge is 0.251 e. The maximum absolute atomic E-state index is 12.0. The Bertz CT molecular complexity index is 545. The number of carbonyl (C=O) groups is 2. The molecule has 0 spiro atoms. The summed E-state index contributed by atoms with van der Waals surface area (Å²) >= 11 is 0. The molecule has 5 heteroatoms. The van der Waals surface area contributed by atoms with Gasteiger partial charge < -0.3 is 15.7 Å². The van der Waals surface area contributed by atoms with Crippen LogP contribution in [0.2, 0.25) is 0 Å². The first kappa shape index (κ1) is 20.2. The molecule has 1 atom stereocenters. The minimum absolute atomic E-state index is 0.0238. The zero-order valence-electron chi connectivity index (χ0n) is 15.3. The number of hydrogen-bond donors (Lipinski definition) is 3. The highest BCUT2D eigenvalue weighted by Gasteiger charge is 2.14. The Kier molecular flexibility index (Phi) is 7.42. The van der Waals surface area contributed by atoms with E-state index in [1.165, 1.54) is 0 Å². The van der Waals surface area contributed by atoms with Gasteiger partial charge in [0.2, 0.25) is 0 Å². The highest BCUT2D eigenvalue weighted by atomic mass is 16.3. The van der Waals surface area contributed by atoms with Gasteiger partial charge in [0.15, 0.2) is 0 Å².